The molecule has 12 atom stereocenters. The SMILES string of the molecule is CCCC(=O)N[C@@H](CC[C@H](O)NCCCCCCN1Cc2cc([C@H](O)N(C)Cc3nc4ccccc4[nH]3)ccc2N[C@@H](CC(=O)O)[C@@H]1O)C(=O)NCCCCCCN1Cc2cc(C(=O)N(C)Cc3nc4ccccc4[nH]3)ccc2N[C@@H](CC(=O)O)[C@@H]1O.CCCCCCCCCCCCCCC[C@@H](O)O[C@H](CO[C@@H](O)CCCCCCCCCCCCCCC)CO[P+]([O-])(O)OCCNC(=O)CC[C@@H](O)NCCOCCOC.[Na+]. The summed E-state index contributed by atoms with van der Waals surface area (Å²) in [6.07, 6.45) is 31.5. The van der Waals surface area contributed by atoms with Gasteiger partial charge in [0.1, 0.15) is 68.1 Å². The summed E-state index contributed by atoms with van der Waals surface area (Å²) in [5, 5.41) is 117. The zero-order chi connectivity index (χ0) is 107. The molecule has 0 saturated carbocycles. The van der Waals surface area contributed by atoms with Crippen LogP contribution in [0.25, 0.3) is 22.1 Å². The van der Waals surface area contributed by atoms with E-state index in [0.717, 1.165) is 110 Å². The largest absolute Gasteiger partial charge is 1.00 e. The van der Waals surface area contributed by atoms with Gasteiger partial charge in [-0.15, -0.1) is 0 Å². The van der Waals surface area contributed by atoms with Gasteiger partial charge in [0, 0.05) is 89.8 Å². The van der Waals surface area contributed by atoms with E-state index in [9.17, 15) is 84.5 Å². The van der Waals surface area contributed by atoms with Crippen LogP contribution in [0.15, 0.2) is 84.9 Å². The van der Waals surface area contributed by atoms with Gasteiger partial charge in [-0.2, -0.15) is 13.9 Å². The summed E-state index contributed by atoms with van der Waals surface area (Å²) in [4.78, 5) is 122. The van der Waals surface area contributed by atoms with Gasteiger partial charge in [0.15, 0.2) is 12.6 Å². The number of unbranched alkanes of at least 4 members (excludes halogenated alkanes) is 30. The van der Waals surface area contributed by atoms with Crippen molar-refractivity contribution in [1.29, 1.82) is 0 Å². The minimum absolute atomic E-state index is 0. The van der Waals surface area contributed by atoms with Crippen LogP contribution in [0.1, 0.15) is 348 Å². The number of aromatic amines is 2. The number of fused-ring (bicyclic) bond motifs is 4. The number of carboxylic acid groups (broad SMARTS) is 2. The second-order valence-corrected chi connectivity index (χ2v) is 41.2. The third-order valence-corrected chi connectivity index (χ3v) is 27.9. The average molecular weight is 2120 g/mol. The van der Waals surface area contributed by atoms with Gasteiger partial charge in [-0.3, -0.25) is 54.1 Å². The molecular weight excluding hydrogens is 1940 g/mol. The van der Waals surface area contributed by atoms with Crippen LogP contribution in [0, 0.1) is 0 Å². The van der Waals surface area contributed by atoms with E-state index in [1.165, 1.54) is 128 Å². The van der Waals surface area contributed by atoms with E-state index in [-0.39, 0.29) is 131 Å². The van der Waals surface area contributed by atoms with Crippen molar-refractivity contribution in [1.82, 2.24) is 66.1 Å². The quantitative estimate of drug-likeness (QED) is 0.00730. The Morgan fingerprint density at radius 3 is 1.53 bits per heavy atom. The molecule has 40 heteroatoms. The number of aromatic nitrogens is 4. The van der Waals surface area contributed by atoms with Crippen LogP contribution < -0.4 is 71.7 Å². The minimum atomic E-state index is -4.55. The number of H-pyrrole nitrogens is 2. The number of nitrogens with one attached hydrogen (secondary N) is 9. The summed E-state index contributed by atoms with van der Waals surface area (Å²) in [5.41, 5.74) is 7.45. The zero-order valence-electron chi connectivity index (χ0n) is 90.3. The van der Waals surface area contributed by atoms with Gasteiger partial charge in [0.05, 0.1) is 86.5 Å². The number of carbonyl (C=O) groups excluding carboxylic acids is 4. The number of hydrogen-bond acceptors (Lipinski definition) is 30. The first-order valence-electron chi connectivity index (χ1n) is 55.1. The van der Waals surface area contributed by atoms with Gasteiger partial charge in [0.2, 0.25) is 17.7 Å². The molecule has 0 spiro atoms. The van der Waals surface area contributed by atoms with E-state index in [0.29, 0.717) is 132 Å². The Labute approximate surface area is 906 Å². The number of imidazole rings is 2. The van der Waals surface area contributed by atoms with Gasteiger partial charge in [-0.05, 0) is 162 Å². The summed E-state index contributed by atoms with van der Waals surface area (Å²) in [6, 6.07) is 23.7. The van der Waals surface area contributed by atoms with Crippen LogP contribution in [-0.2, 0) is 78.1 Å². The van der Waals surface area contributed by atoms with E-state index in [1.807, 2.05) is 84.4 Å². The molecule has 1 unspecified atom stereocenters. The molecule has 0 radical (unpaired) electrons. The van der Waals surface area contributed by atoms with Crippen molar-refractivity contribution in [3.8, 4) is 0 Å². The van der Waals surface area contributed by atoms with Crippen molar-refractivity contribution < 1.29 is 142 Å². The molecule has 8 rings (SSSR count). The fourth-order valence-electron chi connectivity index (χ4n) is 18.4. The molecule has 4 amide bonds. The van der Waals surface area contributed by atoms with Crippen molar-refractivity contribution >= 4 is 77.2 Å². The normalized spacial score (nSPS) is 16.7. The Morgan fingerprint density at radius 1 is 0.503 bits per heavy atom. The molecule has 38 nitrogen and oxygen atoms in total. The van der Waals surface area contributed by atoms with Crippen molar-refractivity contribution in [2.45, 2.75) is 397 Å². The van der Waals surface area contributed by atoms with Crippen molar-refractivity contribution in [3.63, 3.8) is 0 Å². The number of anilines is 2. The first-order valence-corrected chi connectivity index (χ1v) is 56.6. The predicted octanol–water partition coefficient (Wildman–Crippen LogP) is 11.0. The number of carbonyl (C=O) groups is 6. The number of rotatable bonds is 83. The Kier molecular flexibility index (Phi) is 67.7. The minimum Gasteiger partial charge on any atom is -0.606 e. The number of phosphoric acid groups is 1. The third-order valence-electron chi connectivity index (χ3n) is 26.9. The second kappa shape index (κ2) is 77.3. The zero-order valence-corrected chi connectivity index (χ0v) is 93.2. The molecule has 6 aromatic rings. The molecule has 0 bridgehead atoms. The van der Waals surface area contributed by atoms with Crippen LogP contribution in [0.4, 0.5) is 11.4 Å². The standard InChI is InChI=1S/C63H87N13O11.C46H95N2O12P.Na/c1-4-17-56(78)72-50(59(83)65-29-14-6-8-16-31-76-37-43-33-41(23-25-45(43)67-52(63(76)87)35-58(81)82)61(85)74(3)39-54-70-48-20-11-12-21-49(48)71-54)26-27-55(77)64-28-13-5-7-15-30-75-36-42-32-40(22-24-44(42)66-51(62(75)86)34-57(79)80)60(84)73(2)38-53-68-46-18-9-10-19-47(46)69-53;1-4-6-8-10-12-14-16-18-20-22-24-26-28-30-45(51)57-40-42(60-46(52)31-29-27-25-23-21-19-17-15-13-11-9-7-5-2)41-59-61(53,54)58-37-35-48-44(50)33-32-43(49)47-34-36-56-39-38-55-3;/h9-12,18-25,32-33,50-52,55,60,62-64,66-67,77,84,86-87H,4-8,13-17,26-31,34-39H2,1-3H3,(H,65,83)(H,68,69)(H,70,71)(H,72,78)(H,79,80)(H,81,82);42-43,45-47,49,51-52H,4-41H2,1-3H3,(H,48,50)(H,53,54);/q;;+1/t50-,51-,52-,55-,60-,62-,63-;42-,43-,45-,46+;/m01./s1. The second-order valence-electron chi connectivity index (χ2n) is 39.8. The number of hydrogen-bond donors (Lipinski definition) is 19. The summed E-state index contributed by atoms with van der Waals surface area (Å²) >= 11 is 0. The van der Waals surface area contributed by atoms with E-state index < -0.39 is 94.7 Å². The first-order chi connectivity index (χ1) is 71.5. The fraction of sp³-hybridized carbons (Fsp3) is 0.706. The number of phosphoric ester groups is 1. The van der Waals surface area contributed by atoms with Crippen LogP contribution in [-0.4, -0.2) is 288 Å². The molecule has 2 aromatic heterocycles. The number of benzene rings is 4. The molecule has 0 saturated heterocycles. The molecule has 836 valence electrons. The molecule has 149 heavy (non-hydrogen) atoms. The summed E-state index contributed by atoms with van der Waals surface area (Å²) in [7, 11) is 0.554. The van der Waals surface area contributed by atoms with Gasteiger partial charge < -0.3 is 111 Å². The number of para-hydroxylation sites is 4. The number of aliphatic carboxylic acids is 2. The smallest absolute Gasteiger partial charge is 0.606 e. The molecule has 0 fully saturated rings. The molecule has 0 aliphatic carbocycles. The fourth-order valence-corrected chi connectivity index (χ4v) is 19.2. The van der Waals surface area contributed by atoms with Crippen LogP contribution >= 0.6 is 8.17 Å². The van der Waals surface area contributed by atoms with E-state index in [1.54, 1.807) is 48.2 Å². The van der Waals surface area contributed by atoms with E-state index in [4.69, 9.17) is 28.0 Å². The summed E-state index contributed by atoms with van der Waals surface area (Å²) in [6.45, 7) is 10.3. The van der Waals surface area contributed by atoms with E-state index >= 15 is 0 Å². The van der Waals surface area contributed by atoms with Crippen molar-refractivity contribution in [3.05, 3.63) is 119 Å². The van der Waals surface area contributed by atoms with Gasteiger partial charge in [-0.25, -0.2) is 9.97 Å². The Morgan fingerprint density at radius 2 is 0.993 bits per heavy atom. The Balaban J connectivity index is 0.000000484. The Hall–Kier alpha value is -7.13. The summed E-state index contributed by atoms with van der Waals surface area (Å²) in [5.74, 6) is -1.88. The predicted molar refractivity (Wildman–Crippen MR) is 573 cm³/mol. The molecule has 4 heterocycles. The topological polar surface area (TPSA) is 538 Å². The van der Waals surface area contributed by atoms with Gasteiger partial charge in [0.25, 0.3) is 5.91 Å². The number of ether oxygens (including phenoxy) is 4. The molecule has 19 N–H and O–H groups in total. The first kappa shape index (κ1) is 131. The number of aliphatic hydroxyl groups excluding tert-OH is 7. The van der Waals surface area contributed by atoms with Gasteiger partial charge in [-0.1, -0.05) is 231 Å². The molecule has 2 aliphatic heterocycles. The van der Waals surface area contributed by atoms with Crippen LogP contribution in [0.5, 0.6) is 0 Å². The number of carboxylic acids is 2. The summed E-state index contributed by atoms with van der Waals surface area (Å²) < 4.78 is 31.9. The molecule has 2 aliphatic rings. The molecule has 4 aromatic carbocycles. The number of aliphatic hydroxyl groups is 7. The van der Waals surface area contributed by atoms with E-state index in [2.05, 4.69) is 71.0 Å². The maximum absolute atomic E-state index is 13.7. The number of nitrogens with zero attached hydrogens (tertiary/aromatic N) is 6. The van der Waals surface area contributed by atoms with Crippen molar-refractivity contribution in [2.75, 3.05) is 111 Å². The monoisotopic (exact) mass is 2120 g/mol. The Bertz CT molecular complexity index is 4570. The van der Waals surface area contributed by atoms with Crippen LogP contribution in [0.3, 0.4) is 0 Å². The third kappa shape index (κ3) is 54.7. The maximum atomic E-state index is 13.7. The van der Waals surface area contributed by atoms with Crippen molar-refractivity contribution in [2.24, 2.45) is 0 Å². The maximum Gasteiger partial charge on any atom is 1.00 e. The average Bonchev–Trinajstić information content (AvgIpc) is 1.69. The van der Waals surface area contributed by atoms with Crippen LogP contribution in [0.2, 0.25) is 0 Å². The van der Waals surface area contributed by atoms with Gasteiger partial charge >= 0.3 is 49.7 Å². The number of amides is 4. The number of methoxy groups -OCH3 is 1. The molecular formula is C109H182N15NaO23P+.